The molecule has 0 aromatic carbocycles. The summed E-state index contributed by atoms with van der Waals surface area (Å²) in [5.41, 5.74) is 4.47. The third kappa shape index (κ3) is 2.11. The van der Waals surface area contributed by atoms with E-state index in [0.717, 1.165) is 16.0 Å². The molecule has 0 amide bonds. The van der Waals surface area contributed by atoms with Gasteiger partial charge < -0.3 is 0 Å². The molecule has 2 heterocycles. The molecule has 3 nitrogen and oxygen atoms in total. The Morgan fingerprint density at radius 1 is 1.50 bits per heavy atom. The number of nitrogens with two attached hydrogens (primary N) is 1. The van der Waals surface area contributed by atoms with Crippen LogP contribution < -0.4 is 11.3 Å². The number of hydrogen-bond acceptors (Lipinski definition) is 4. The number of aryl methyl sites for hydroxylation is 1. The van der Waals surface area contributed by atoms with E-state index in [9.17, 15) is 4.39 Å². The molecule has 0 saturated carbocycles. The highest BCUT2D eigenvalue weighted by atomic mass is 32.1. The van der Waals surface area contributed by atoms with Crippen LogP contribution in [-0.4, -0.2) is 4.98 Å². The molecule has 84 valence electrons. The van der Waals surface area contributed by atoms with Crippen molar-refractivity contribution in [2.75, 3.05) is 0 Å². The van der Waals surface area contributed by atoms with E-state index in [1.165, 1.54) is 12.3 Å². The fraction of sp³-hybridized carbons (Fsp3) is 0.182. The quantitative estimate of drug-likeness (QED) is 0.635. The van der Waals surface area contributed by atoms with Crippen LogP contribution in [0, 0.1) is 12.7 Å². The zero-order valence-electron chi connectivity index (χ0n) is 8.77. The molecular formula is C11H12FN3S. The highest BCUT2D eigenvalue weighted by Crippen LogP contribution is 2.27. The van der Waals surface area contributed by atoms with Crippen molar-refractivity contribution < 1.29 is 4.39 Å². The van der Waals surface area contributed by atoms with Gasteiger partial charge in [-0.3, -0.25) is 10.8 Å². The molecule has 1 unspecified atom stereocenters. The Labute approximate surface area is 97.1 Å². The van der Waals surface area contributed by atoms with Crippen molar-refractivity contribution in [1.82, 2.24) is 10.4 Å². The molecule has 0 aliphatic heterocycles. The summed E-state index contributed by atoms with van der Waals surface area (Å²) in [6.07, 6.45) is 2.79. The third-order valence-electron chi connectivity index (χ3n) is 2.44. The van der Waals surface area contributed by atoms with Gasteiger partial charge in [0.05, 0.1) is 12.2 Å². The maximum atomic E-state index is 13.1. The summed E-state index contributed by atoms with van der Waals surface area (Å²) in [5, 5.41) is 1.99. The number of nitrogens with zero attached hydrogens (tertiary/aromatic N) is 1. The van der Waals surface area contributed by atoms with E-state index < -0.39 is 0 Å². The molecule has 2 aromatic heterocycles. The van der Waals surface area contributed by atoms with Crippen LogP contribution in [0.1, 0.15) is 22.0 Å². The average Bonchev–Trinajstić information content (AvgIpc) is 2.67. The van der Waals surface area contributed by atoms with E-state index >= 15 is 0 Å². The van der Waals surface area contributed by atoms with E-state index in [4.69, 9.17) is 5.84 Å². The Morgan fingerprint density at radius 2 is 2.31 bits per heavy atom. The monoisotopic (exact) mass is 237 g/mol. The van der Waals surface area contributed by atoms with Crippen molar-refractivity contribution >= 4 is 11.3 Å². The zero-order valence-corrected chi connectivity index (χ0v) is 9.59. The van der Waals surface area contributed by atoms with E-state index in [-0.39, 0.29) is 11.9 Å². The Morgan fingerprint density at radius 3 is 2.88 bits per heavy atom. The van der Waals surface area contributed by atoms with Crippen LogP contribution in [-0.2, 0) is 0 Å². The lowest BCUT2D eigenvalue weighted by molar-refractivity contribution is 0.597. The predicted molar refractivity (Wildman–Crippen MR) is 62.4 cm³/mol. The number of nitrogens with one attached hydrogen (secondary N) is 1. The SMILES string of the molecule is Cc1sccc1C(NN)c1cncc(F)c1. The van der Waals surface area contributed by atoms with E-state index in [0.29, 0.717) is 0 Å². The molecule has 0 aliphatic rings. The second-order valence-corrected chi connectivity index (χ2v) is 4.59. The fourth-order valence-corrected chi connectivity index (χ4v) is 2.39. The van der Waals surface area contributed by atoms with Gasteiger partial charge in [0, 0.05) is 11.1 Å². The number of pyridine rings is 1. The minimum Gasteiger partial charge on any atom is -0.271 e. The van der Waals surface area contributed by atoms with Gasteiger partial charge in [0.15, 0.2) is 0 Å². The van der Waals surface area contributed by atoms with Crippen LogP contribution in [0.5, 0.6) is 0 Å². The highest BCUT2D eigenvalue weighted by Gasteiger charge is 2.16. The maximum Gasteiger partial charge on any atom is 0.141 e. The summed E-state index contributed by atoms with van der Waals surface area (Å²) in [5.74, 6) is 5.16. The summed E-state index contributed by atoms with van der Waals surface area (Å²) in [6.45, 7) is 2.01. The van der Waals surface area contributed by atoms with Crippen molar-refractivity contribution in [2.45, 2.75) is 13.0 Å². The lowest BCUT2D eigenvalue weighted by atomic mass is 10.0. The second-order valence-electron chi connectivity index (χ2n) is 3.47. The molecule has 2 aromatic rings. The summed E-state index contributed by atoms with van der Waals surface area (Å²) >= 11 is 1.64. The molecular weight excluding hydrogens is 225 g/mol. The number of halogens is 1. The van der Waals surface area contributed by atoms with E-state index in [1.807, 2.05) is 18.4 Å². The molecule has 0 bridgehead atoms. The number of aromatic nitrogens is 1. The van der Waals surface area contributed by atoms with Gasteiger partial charge in [-0.25, -0.2) is 9.82 Å². The molecule has 1 atom stereocenters. The first-order chi connectivity index (χ1) is 7.72. The summed E-state index contributed by atoms with van der Waals surface area (Å²) < 4.78 is 13.1. The van der Waals surface area contributed by atoms with Crippen molar-refractivity contribution in [1.29, 1.82) is 0 Å². The smallest absolute Gasteiger partial charge is 0.141 e. The Kier molecular flexibility index (Phi) is 3.28. The minimum absolute atomic E-state index is 0.213. The fourth-order valence-electron chi connectivity index (χ4n) is 1.65. The summed E-state index contributed by atoms with van der Waals surface area (Å²) in [6, 6.07) is 3.21. The average molecular weight is 237 g/mol. The van der Waals surface area contributed by atoms with Crippen molar-refractivity contribution in [3.8, 4) is 0 Å². The number of thiophene rings is 1. The zero-order chi connectivity index (χ0) is 11.5. The van der Waals surface area contributed by atoms with E-state index in [2.05, 4.69) is 10.4 Å². The Bertz CT molecular complexity index is 484. The normalized spacial score (nSPS) is 12.7. The standard InChI is InChI=1S/C11H12FN3S/c1-7-10(2-3-16-7)11(15-13)8-4-9(12)6-14-5-8/h2-6,11,15H,13H2,1H3. The first kappa shape index (κ1) is 11.2. The van der Waals surface area contributed by atoms with Gasteiger partial charge in [0.25, 0.3) is 0 Å². The van der Waals surface area contributed by atoms with Crippen molar-refractivity contribution in [3.63, 3.8) is 0 Å². The molecule has 0 fully saturated rings. The second kappa shape index (κ2) is 4.69. The van der Waals surface area contributed by atoms with Gasteiger partial charge >= 0.3 is 0 Å². The van der Waals surface area contributed by atoms with Gasteiger partial charge in [-0.2, -0.15) is 0 Å². The summed E-state index contributed by atoms with van der Waals surface area (Å²) in [4.78, 5) is 4.98. The molecule has 0 saturated heterocycles. The Hall–Kier alpha value is -1.30. The van der Waals surface area contributed by atoms with Gasteiger partial charge in [0.1, 0.15) is 5.82 Å². The maximum absolute atomic E-state index is 13.1. The van der Waals surface area contributed by atoms with Crippen molar-refractivity contribution in [3.05, 3.63) is 51.7 Å². The van der Waals surface area contributed by atoms with Crippen LogP contribution in [0.25, 0.3) is 0 Å². The van der Waals surface area contributed by atoms with Crippen LogP contribution in [0.2, 0.25) is 0 Å². The molecule has 0 radical (unpaired) electrons. The van der Waals surface area contributed by atoms with Crippen LogP contribution in [0.4, 0.5) is 4.39 Å². The minimum atomic E-state index is -0.356. The third-order valence-corrected chi connectivity index (χ3v) is 3.30. The van der Waals surface area contributed by atoms with Crippen LogP contribution >= 0.6 is 11.3 Å². The number of rotatable bonds is 3. The molecule has 2 rings (SSSR count). The van der Waals surface area contributed by atoms with Crippen LogP contribution in [0.3, 0.4) is 0 Å². The molecule has 16 heavy (non-hydrogen) atoms. The lowest BCUT2D eigenvalue weighted by Crippen LogP contribution is -2.29. The van der Waals surface area contributed by atoms with Gasteiger partial charge in [-0.15, -0.1) is 11.3 Å². The summed E-state index contributed by atoms with van der Waals surface area (Å²) in [7, 11) is 0. The van der Waals surface area contributed by atoms with Crippen LogP contribution in [0.15, 0.2) is 29.9 Å². The number of hydrazine groups is 1. The van der Waals surface area contributed by atoms with E-state index in [1.54, 1.807) is 17.5 Å². The van der Waals surface area contributed by atoms with Gasteiger partial charge in [-0.05, 0) is 35.6 Å². The van der Waals surface area contributed by atoms with Crippen molar-refractivity contribution in [2.24, 2.45) is 5.84 Å². The molecule has 5 heteroatoms. The van der Waals surface area contributed by atoms with Gasteiger partial charge in [0.2, 0.25) is 0 Å². The first-order valence-corrected chi connectivity index (χ1v) is 5.71. The highest BCUT2D eigenvalue weighted by molar-refractivity contribution is 7.10. The Balaban J connectivity index is 2.40. The largest absolute Gasteiger partial charge is 0.271 e. The number of hydrogen-bond donors (Lipinski definition) is 2. The molecule has 3 N–H and O–H groups in total. The topological polar surface area (TPSA) is 50.9 Å². The predicted octanol–water partition coefficient (Wildman–Crippen LogP) is 2.14. The molecule has 0 spiro atoms. The molecule has 0 aliphatic carbocycles. The van der Waals surface area contributed by atoms with Gasteiger partial charge in [-0.1, -0.05) is 0 Å². The first-order valence-electron chi connectivity index (χ1n) is 4.83. The lowest BCUT2D eigenvalue weighted by Gasteiger charge is -2.15.